The van der Waals surface area contributed by atoms with Crippen molar-refractivity contribution in [1.29, 1.82) is 0 Å². The lowest BCUT2D eigenvalue weighted by Gasteiger charge is -2.28. The maximum atomic E-state index is 10.1. The van der Waals surface area contributed by atoms with Crippen molar-refractivity contribution in [3.63, 3.8) is 0 Å². The summed E-state index contributed by atoms with van der Waals surface area (Å²) in [4.78, 5) is 0. The first-order chi connectivity index (χ1) is 6.61. The fourth-order valence-electron chi connectivity index (χ4n) is 2.27. The Hall–Kier alpha value is -0.0800. The van der Waals surface area contributed by atoms with Gasteiger partial charge in [-0.1, -0.05) is 27.2 Å². The fraction of sp³-hybridized carbons (Fsp3) is 1.00. The Morgan fingerprint density at radius 1 is 1.29 bits per heavy atom. The molecule has 1 saturated carbocycles. The molecule has 2 heteroatoms. The molecule has 0 spiro atoms. The fourth-order valence-corrected chi connectivity index (χ4v) is 2.27. The van der Waals surface area contributed by atoms with Crippen molar-refractivity contribution in [1.82, 2.24) is 5.32 Å². The smallest absolute Gasteiger partial charge is 0.0766 e. The number of nitrogens with one attached hydrogen (secondary N) is 1. The molecule has 0 aromatic carbocycles. The van der Waals surface area contributed by atoms with E-state index in [0.717, 1.165) is 25.3 Å². The van der Waals surface area contributed by atoms with E-state index in [1.54, 1.807) is 0 Å². The Kier molecular flexibility index (Phi) is 4.39. The van der Waals surface area contributed by atoms with Crippen molar-refractivity contribution in [2.24, 2.45) is 5.92 Å². The molecule has 2 unspecified atom stereocenters. The number of hydrogen-bond donors (Lipinski definition) is 2. The van der Waals surface area contributed by atoms with Gasteiger partial charge in [0.2, 0.25) is 0 Å². The Morgan fingerprint density at radius 2 is 1.93 bits per heavy atom. The van der Waals surface area contributed by atoms with E-state index in [9.17, 15) is 5.11 Å². The molecule has 84 valence electrons. The highest BCUT2D eigenvalue weighted by Crippen LogP contribution is 2.25. The zero-order valence-electron chi connectivity index (χ0n) is 9.84. The van der Waals surface area contributed by atoms with Gasteiger partial charge in [-0.2, -0.15) is 0 Å². The normalized spacial score (nSPS) is 28.3. The SMILES string of the molecule is CCC(O)(CC)CNC1CCCC1C. The summed E-state index contributed by atoms with van der Waals surface area (Å²) in [5.41, 5.74) is -0.484. The zero-order chi connectivity index (χ0) is 10.6. The summed E-state index contributed by atoms with van der Waals surface area (Å²) in [6.07, 6.45) is 5.66. The maximum absolute atomic E-state index is 10.1. The topological polar surface area (TPSA) is 32.3 Å². The molecule has 1 aliphatic rings. The Bertz CT molecular complexity index is 166. The lowest BCUT2D eigenvalue weighted by Crippen LogP contribution is -2.44. The van der Waals surface area contributed by atoms with Crippen LogP contribution in [0.5, 0.6) is 0 Å². The van der Waals surface area contributed by atoms with E-state index >= 15 is 0 Å². The van der Waals surface area contributed by atoms with Crippen LogP contribution in [0.25, 0.3) is 0 Å². The molecule has 14 heavy (non-hydrogen) atoms. The van der Waals surface area contributed by atoms with Gasteiger partial charge in [-0.25, -0.2) is 0 Å². The summed E-state index contributed by atoms with van der Waals surface area (Å²) in [6.45, 7) is 7.18. The van der Waals surface area contributed by atoms with Crippen LogP contribution < -0.4 is 5.32 Å². The molecule has 2 atom stereocenters. The standard InChI is InChI=1S/C12H25NO/c1-4-12(14,5-2)9-13-11-8-6-7-10(11)3/h10-11,13-14H,4-9H2,1-3H3. The Morgan fingerprint density at radius 3 is 2.36 bits per heavy atom. The average Bonchev–Trinajstić information content (AvgIpc) is 2.61. The van der Waals surface area contributed by atoms with Gasteiger partial charge in [-0.05, 0) is 31.6 Å². The molecule has 1 rings (SSSR count). The highest BCUT2D eigenvalue weighted by atomic mass is 16.3. The van der Waals surface area contributed by atoms with Gasteiger partial charge in [0.25, 0.3) is 0 Å². The van der Waals surface area contributed by atoms with Gasteiger partial charge >= 0.3 is 0 Å². The second-order valence-corrected chi connectivity index (χ2v) is 4.83. The third kappa shape index (κ3) is 2.96. The van der Waals surface area contributed by atoms with E-state index < -0.39 is 5.60 Å². The number of aliphatic hydroxyl groups is 1. The molecule has 0 amide bonds. The summed E-state index contributed by atoms with van der Waals surface area (Å²) < 4.78 is 0. The summed E-state index contributed by atoms with van der Waals surface area (Å²) in [7, 11) is 0. The van der Waals surface area contributed by atoms with Crippen LogP contribution in [0.4, 0.5) is 0 Å². The predicted octanol–water partition coefficient (Wildman–Crippen LogP) is 2.32. The minimum Gasteiger partial charge on any atom is -0.389 e. The minimum absolute atomic E-state index is 0.484. The molecule has 0 aliphatic heterocycles. The summed E-state index contributed by atoms with van der Waals surface area (Å²) in [5, 5.41) is 13.6. The van der Waals surface area contributed by atoms with Crippen molar-refractivity contribution in [3.05, 3.63) is 0 Å². The van der Waals surface area contributed by atoms with Gasteiger partial charge in [0.15, 0.2) is 0 Å². The summed E-state index contributed by atoms with van der Waals surface area (Å²) >= 11 is 0. The monoisotopic (exact) mass is 199 g/mol. The van der Waals surface area contributed by atoms with Crippen LogP contribution in [0.3, 0.4) is 0 Å². The van der Waals surface area contributed by atoms with Crippen molar-refractivity contribution < 1.29 is 5.11 Å². The molecule has 0 aromatic heterocycles. The van der Waals surface area contributed by atoms with Gasteiger partial charge in [0.05, 0.1) is 5.60 Å². The molecular formula is C12H25NO. The van der Waals surface area contributed by atoms with Crippen molar-refractivity contribution >= 4 is 0 Å². The van der Waals surface area contributed by atoms with Crippen LogP contribution >= 0.6 is 0 Å². The molecule has 0 bridgehead atoms. The van der Waals surface area contributed by atoms with Crippen LogP contribution in [0.2, 0.25) is 0 Å². The predicted molar refractivity (Wildman–Crippen MR) is 60.3 cm³/mol. The summed E-state index contributed by atoms with van der Waals surface area (Å²) in [5.74, 6) is 0.785. The first-order valence-electron chi connectivity index (χ1n) is 6.07. The molecule has 2 N–H and O–H groups in total. The molecule has 0 saturated heterocycles. The van der Waals surface area contributed by atoms with E-state index in [1.165, 1.54) is 19.3 Å². The van der Waals surface area contributed by atoms with Crippen molar-refractivity contribution in [2.75, 3.05) is 6.54 Å². The highest BCUT2D eigenvalue weighted by molar-refractivity contribution is 4.85. The van der Waals surface area contributed by atoms with E-state index in [-0.39, 0.29) is 0 Å². The lowest BCUT2D eigenvalue weighted by atomic mass is 9.96. The average molecular weight is 199 g/mol. The second kappa shape index (κ2) is 5.13. The van der Waals surface area contributed by atoms with Crippen molar-refractivity contribution in [3.8, 4) is 0 Å². The van der Waals surface area contributed by atoms with Crippen LogP contribution in [0, 0.1) is 5.92 Å². The number of hydrogen-bond acceptors (Lipinski definition) is 2. The molecule has 0 heterocycles. The first-order valence-corrected chi connectivity index (χ1v) is 6.07. The Labute approximate surface area is 88.1 Å². The second-order valence-electron chi connectivity index (χ2n) is 4.83. The highest BCUT2D eigenvalue weighted by Gasteiger charge is 2.27. The van der Waals surface area contributed by atoms with Crippen LogP contribution in [0.1, 0.15) is 52.9 Å². The van der Waals surface area contributed by atoms with Gasteiger partial charge in [0.1, 0.15) is 0 Å². The molecule has 0 radical (unpaired) electrons. The molecule has 0 aromatic rings. The van der Waals surface area contributed by atoms with Gasteiger partial charge in [-0.3, -0.25) is 0 Å². The third-order valence-electron chi connectivity index (χ3n) is 3.87. The Balaban J connectivity index is 2.31. The van der Waals surface area contributed by atoms with Gasteiger partial charge in [-0.15, -0.1) is 0 Å². The summed E-state index contributed by atoms with van der Waals surface area (Å²) in [6, 6.07) is 0.639. The zero-order valence-corrected chi connectivity index (χ0v) is 9.84. The van der Waals surface area contributed by atoms with Gasteiger partial charge < -0.3 is 10.4 Å². The van der Waals surface area contributed by atoms with E-state index in [4.69, 9.17) is 0 Å². The first kappa shape index (κ1) is 12.0. The molecular weight excluding hydrogens is 174 g/mol. The van der Waals surface area contributed by atoms with Crippen LogP contribution in [0.15, 0.2) is 0 Å². The minimum atomic E-state index is -0.484. The quantitative estimate of drug-likeness (QED) is 0.712. The molecule has 2 nitrogen and oxygen atoms in total. The molecule has 1 fully saturated rings. The number of rotatable bonds is 5. The van der Waals surface area contributed by atoms with Gasteiger partial charge in [0, 0.05) is 12.6 Å². The van der Waals surface area contributed by atoms with E-state index in [1.807, 2.05) is 0 Å². The lowest BCUT2D eigenvalue weighted by molar-refractivity contribution is 0.0289. The third-order valence-corrected chi connectivity index (χ3v) is 3.87. The maximum Gasteiger partial charge on any atom is 0.0766 e. The van der Waals surface area contributed by atoms with Crippen LogP contribution in [-0.4, -0.2) is 23.3 Å². The van der Waals surface area contributed by atoms with Crippen molar-refractivity contribution in [2.45, 2.75) is 64.5 Å². The van der Waals surface area contributed by atoms with E-state index in [0.29, 0.717) is 6.04 Å². The van der Waals surface area contributed by atoms with Crippen LogP contribution in [-0.2, 0) is 0 Å². The molecule has 1 aliphatic carbocycles. The van der Waals surface area contributed by atoms with E-state index in [2.05, 4.69) is 26.1 Å². The largest absolute Gasteiger partial charge is 0.389 e.